The average molecular weight is 530 g/mol. The predicted molar refractivity (Wildman–Crippen MR) is 155 cm³/mol. The molecular formula is C31H39N5O3. The highest BCUT2D eigenvalue weighted by Gasteiger charge is 2.39. The molecule has 0 spiro atoms. The molecule has 1 fully saturated rings. The van der Waals surface area contributed by atoms with Crippen molar-refractivity contribution in [1.82, 2.24) is 14.8 Å². The number of nitrogens with zero attached hydrogens (tertiary/aromatic N) is 4. The van der Waals surface area contributed by atoms with Crippen LogP contribution >= 0.6 is 0 Å². The molecule has 2 atom stereocenters. The molecule has 0 aliphatic carbocycles. The van der Waals surface area contributed by atoms with E-state index in [1.165, 1.54) is 9.80 Å². The monoisotopic (exact) mass is 529 g/mol. The molecule has 8 nitrogen and oxygen atoms in total. The largest absolute Gasteiger partial charge is 0.332 e. The molecule has 0 saturated carbocycles. The third-order valence-corrected chi connectivity index (χ3v) is 5.78. The lowest BCUT2D eigenvalue weighted by Crippen LogP contribution is -2.43. The van der Waals surface area contributed by atoms with Crippen LogP contribution in [0.1, 0.15) is 51.4 Å². The zero-order chi connectivity index (χ0) is 28.9. The van der Waals surface area contributed by atoms with Gasteiger partial charge in [0.2, 0.25) is 11.8 Å². The van der Waals surface area contributed by atoms with Crippen molar-refractivity contribution in [1.29, 1.82) is 5.26 Å². The van der Waals surface area contributed by atoms with Gasteiger partial charge >= 0.3 is 0 Å². The van der Waals surface area contributed by atoms with E-state index in [1.54, 1.807) is 43.6 Å². The van der Waals surface area contributed by atoms with Crippen molar-refractivity contribution in [2.75, 3.05) is 25.5 Å². The molecule has 4 rings (SSSR count). The van der Waals surface area contributed by atoms with Crippen LogP contribution in [-0.2, 0) is 9.59 Å². The van der Waals surface area contributed by atoms with E-state index in [9.17, 15) is 19.6 Å². The fourth-order valence-electron chi connectivity index (χ4n) is 4.05. The van der Waals surface area contributed by atoms with Gasteiger partial charge in [-0.1, -0.05) is 65.0 Å². The van der Waals surface area contributed by atoms with E-state index in [-0.39, 0.29) is 37.2 Å². The Bertz CT molecular complexity index is 1280. The molecule has 8 heteroatoms. The van der Waals surface area contributed by atoms with Crippen molar-refractivity contribution in [2.24, 2.45) is 11.8 Å². The van der Waals surface area contributed by atoms with Crippen molar-refractivity contribution >= 4 is 34.3 Å². The first-order valence-electron chi connectivity index (χ1n) is 13.4. The number of benzene rings is 2. The molecule has 1 aliphatic heterocycles. The number of likely N-dealkylation sites (N-methyl/N-ethyl adjacent to an activating group) is 1. The highest BCUT2D eigenvalue weighted by Crippen LogP contribution is 2.25. The molecule has 2 heterocycles. The zero-order valence-corrected chi connectivity index (χ0v) is 23.7. The molecule has 2 unspecified atom stereocenters. The highest BCUT2D eigenvalue weighted by atomic mass is 16.2. The van der Waals surface area contributed by atoms with E-state index in [4.69, 9.17) is 0 Å². The molecule has 3 aromatic rings. The summed E-state index contributed by atoms with van der Waals surface area (Å²) in [6, 6.07) is 19.3. The smallest absolute Gasteiger partial charge is 0.254 e. The number of likely N-dealkylation sites (tertiary alicyclic amines) is 1. The third-order valence-electron chi connectivity index (χ3n) is 5.78. The SMILES string of the molecule is CC.CC(C)C.CN(CC(=O)N1CC(C(=O)Nc2ccccc2)CC1C#N)C(=O)c1cccc2ncccc12. The number of fused-ring (bicyclic) bond motifs is 1. The summed E-state index contributed by atoms with van der Waals surface area (Å²) in [5.41, 5.74) is 1.81. The minimum Gasteiger partial charge on any atom is -0.332 e. The standard InChI is InChI=1S/C25H23N5O3.C4H10.C2H6/c1-29(25(33)21-9-5-11-22-20(21)10-6-12-27-22)16-23(31)30-15-17(13-19(30)14-26)24(32)28-18-7-3-2-4-8-18;1-4(2)3;1-2/h2-12,17,19H,13,15-16H2,1H3,(H,28,32);4H,1-3H3;1-2H3. The third kappa shape index (κ3) is 8.64. The summed E-state index contributed by atoms with van der Waals surface area (Å²) in [4.78, 5) is 45.7. The number of nitriles is 1. The molecule has 206 valence electrons. The Morgan fingerprint density at radius 1 is 1.05 bits per heavy atom. The van der Waals surface area contributed by atoms with Gasteiger partial charge in [0.25, 0.3) is 5.91 Å². The summed E-state index contributed by atoms with van der Waals surface area (Å²) in [5.74, 6) is -0.577. The van der Waals surface area contributed by atoms with Gasteiger partial charge in [-0.15, -0.1) is 0 Å². The van der Waals surface area contributed by atoms with Gasteiger partial charge in [-0.3, -0.25) is 19.4 Å². The lowest BCUT2D eigenvalue weighted by atomic mass is 10.1. The molecule has 0 bridgehead atoms. The van der Waals surface area contributed by atoms with E-state index in [1.807, 2.05) is 44.2 Å². The van der Waals surface area contributed by atoms with E-state index in [0.717, 1.165) is 5.92 Å². The fourth-order valence-corrected chi connectivity index (χ4v) is 4.05. The topological polar surface area (TPSA) is 106 Å². The molecule has 1 aliphatic rings. The number of hydrogen-bond acceptors (Lipinski definition) is 5. The van der Waals surface area contributed by atoms with Crippen LogP contribution in [0, 0.1) is 23.2 Å². The van der Waals surface area contributed by atoms with Crippen LogP contribution in [0.5, 0.6) is 0 Å². The number of carbonyl (C=O) groups excluding carboxylic acids is 3. The lowest BCUT2D eigenvalue weighted by molar-refractivity contribution is -0.131. The van der Waals surface area contributed by atoms with Crippen molar-refractivity contribution in [3.63, 3.8) is 0 Å². The van der Waals surface area contributed by atoms with Crippen molar-refractivity contribution in [3.8, 4) is 6.07 Å². The minimum atomic E-state index is -0.714. The van der Waals surface area contributed by atoms with Gasteiger partial charge in [0.1, 0.15) is 6.04 Å². The van der Waals surface area contributed by atoms with Gasteiger partial charge < -0.3 is 15.1 Å². The van der Waals surface area contributed by atoms with Crippen molar-refractivity contribution in [3.05, 3.63) is 72.4 Å². The average Bonchev–Trinajstić information content (AvgIpc) is 3.39. The van der Waals surface area contributed by atoms with Crippen LogP contribution in [0.3, 0.4) is 0 Å². The molecular weight excluding hydrogens is 490 g/mol. The number of rotatable bonds is 5. The zero-order valence-electron chi connectivity index (χ0n) is 23.7. The molecule has 0 radical (unpaired) electrons. The molecule has 2 aromatic carbocycles. The molecule has 39 heavy (non-hydrogen) atoms. The second-order valence-electron chi connectivity index (χ2n) is 9.75. The molecule has 1 N–H and O–H groups in total. The number of carbonyl (C=O) groups is 3. The van der Waals surface area contributed by atoms with Crippen molar-refractivity contribution < 1.29 is 14.4 Å². The highest BCUT2D eigenvalue weighted by molar-refractivity contribution is 6.07. The maximum absolute atomic E-state index is 13.0. The summed E-state index contributed by atoms with van der Waals surface area (Å²) in [6.45, 7) is 10.4. The van der Waals surface area contributed by atoms with E-state index < -0.39 is 12.0 Å². The Kier molecular flexibility index (Phi) is 12.1. The minimum absolute atomic E-state index is 0.135. The Morgan fingerprint density at radius 3 is 2.36 bits per heavy atom. The van der Waals surface area contributed by atoms with Gasteiger partial charge in [-0.2, -0.15) is 5.26 Å². The summed E-state index contributed by atoms with van der Waals surface area (Å²) in [7, 11) is 1.55. The maximum Gasteiger partial charge on any atom is 0.254 e. The van der Waals surface area contributed by atoms with E-state index >= 15 is 0 Å². The second kappa shape index (κ2) is 15.2. The predicted octanol–water partition coefficient (Wildman–Crippen LogP) is 5.37. The van der Waals surface area contributed by atoms with Crippen LogP contribution < -0.4 is 5.32 Å². The maximum atomic E-state index is 13.0. The Morgan fingerprint density at radius 2 is 1.72 bits per heavy atom. The number of hydrogen-bond donors (Lipinski definition) is 1. The van der Waals surface area contributed by atoms with Gasteiger partial charge in [0, 0.05) is 36.4 Å². The van der Waals surface area contributed by atoms with Gasteiger partial charge in [0.05, 0.1) is 24.0 Å². The molecule has 1 aromatic heterocycles. The van der Waals surface area contributed by atoms with E-state index in [2.05, 4.69) is 37.1 Å². The number of anilines is 1. The number of nitrogens with one attached hydrogen (secondary N) is 1. The van der Waals surface area contributed by atoms with Crippen LogP contribution in [-0.4, -0.2) is 58.7 Å². The number of pyridine rings is 1. The fraction of sp³-hybridized carbons (Fsp3) is 0.387. The number of para-hydroxylation sites is 1. The Labute approximate surface area is 231 Å². The lowest BCUT2D eigenvalue weighted by Gasteiger charge is -2.24. The van der Waals surface area contributed by atoms with Crippen LogP contribution in [0.4, 0.5) is 5.69 Å². The Hall–Kier alpha value is -4.25. The van der Waals surface area contributed by atoms with E-state index in [0.29, 0.717) is 22.2 Å². The second-order valence-corrected chi connectivity index (χ2v) is 9.75. The summed E-state index contributed by atoms with van der Waals surface area (Å²) >= 11 is 0. The molecule has 3 amide bonds. The molecule has 1 saturated heterocycles. The number of amides is 3. The quantitative estimate of drug-likeness (QED) is 0.478. The van der Waals surface area contributed by atoms with Crippen LogP contribution in [0.15, 0.2) is 66.9 Å². The van der Waals surface area contributed by atoms with Crippen molar-refractivity contribution in [2.45, 2.75) is 47.1 Å². The van der Waals surface area contributed by atoms with Crippen LogP contribution in [0.2, 0.25) is 0 Å². The Balaban J connectivity index is 0.000000815. The van der Waals surface area contributed by atoms with Gasteiger partial charge in [-0.25, -0.2) is 0 Å². The normalized spacial score (nSPS) is 15.8. The van der Waals surface area contributed by atoms with Crippen LogP contribution in [0.25, 0.3) is 10.9 Å². The number of aromatic nitrogens is 1. The van der Waals surface area contributed by atoms with Gasteiger partial charge in [-0.05, 0) is 42.7 Å². The summed E-state index contributed by atoms with van der Waals surface area (Å²) in [5, 5.41) is 13.1. The summed E-state index contributed by atoms with van der Waals surface area (Å²) in [6.07, 6.45) is 1.91. The first kappa shape index (κ1) is 31.0. The van der Waals surface area contributed by atoms with Gasteiger partial charge in [0.15, 0.2) is 0 Å². The first-order chi connectivity index (χ1) is 18.7. The summed E-state index contributed by atoms with van der Waals surface area (Å²) < 4.78 is 0. The first-order valence-corrected chi connectivity index (χ1v) is 13.4.